The highest BCUT2D eigenvalue weighted by molar-refractivity contribution is 5.46. The minimum Gasteiger partial charge on any atom is -0.491 e. The van der Waals surface area contributed by atoms with E-state index in [0.29, 0.717) is 23.8 Å². The Balaban J connectivity index is 1.42. The predicted molar refractivity (Wildman–Crippen MR) is 88.5 cm³/mol. The normalized spacial score (nSPS) is 16.6. The number of hydrogen-bond donors (Lipinski definition) is 2. The summed E-state index contributed by atoms with van der Waals surface area (Å²) in [6.45, 7) is 5.03. The Morgan fingerprint density at radius 1 is 1.33 bits per heavy atom. The van der Waals surface area contributed by atoms with Gasteiger partial charge in [0.25, 0.3) is 0 Å². The van der Waals surface area contributed by atoms with Crippen LogP contribution in [-0.4, -0.2) is 47.0 Å². The molecule has 0 radical (unpaired) electrons. The first kappa shape index (κ1) is 16.6. The molecule has 2 aromatic rings. The van der Waals surface area contributed by atoms with E-state index in [9.17, 15) is 5.11 Å². The molecule has 3 atom stereocenters. The third kappa shape index (κ3) is 3.98. The van der Waals surface area contributed by atoms with Crippen molar-refractivity contribution < 1.29 is 19.3 Å². The molecule has 0 saturated carbocycles. The molecule has 0 bridgehead atoms. The van der Waals surface area contributed by atoms with E-state index < -0.39 is 6.10 Å². The molecule has 3 unspecified atom stereocenters. The lowest BCUT2D eigenvalue weighted by Crippen LogP contribution is -2.40. The number of nitrogens with zero attached hydrogens (tertiary/aromatic N) is 2. The molecule has 2 heterocycles. The van der Waals surface area contributed by atoms with Gasteiger partial charge in [-0.05, 0) is 32.0 Å². The fourth-order valence-electron chi connectivity index (χ4n) is 2.46. The molecule has 130 valence electrons. The van der Waals surface area contributed by atoms with Crippen LogP contribution in [0.3, 0.4) is 0 Å². The topological polar surface area (TPSA) is 77.8 Å². The summed E-state index contributed by atoms with van der Waals surface area (Å²) in [4.78, 5) is 0. The zero-order chi connectivity index (χ0) is 16.9. The quantitative estimate of drug-likeness (QED) is 0.764. The van der Waals surface area contributed by atoms with Gasteiger partial charge in [0.05, 0.1) is 6.04 Å². The number of benzene rings is 1. The van der Waals surface area contributed by atoms with Gasteiger partial charge in [0.1, 0.15) is 18.5 Å². The molecule has 7 nitrogen and oxygen atoms in total. The van der Waals surface area contributed by atoms with Gasteiger partial charge in [-0.2, -0.15) is 5.10 Å². The van der Waals surface area contributed by atoms with Crippen LogP contribution in [0.25, 0.3) is 0 Å². The first-order chi connectivity index (χ1) is 11.6. The smallest absolute Gasteiger partial charge is 0.231 e. The second-order valence-electron chi connectivity index (χ2n) is 5.90. The lowest BCUT2D eigenvalue weighted by Gasteiger charge is -2.23. The summed E-state index contributed by atoms with van der Waals surface area (Å²) >= 11 is 0. The van der Waals surface area contributed by atoms with Crippen molar-refractivity contribution in [3.8, 4) is 17.2 Å². The van der Waals surface area contributed by atoms with Gasteiger partial charge in [0.2, 0.25) is 6.79 Å². The van der Waals surface area contributed by atoms with Crippen molar-refractivity contribution in [2.45, 2.75) is 32.0 Å². The maximum absolute atomic E-state index is 10.1. The van der Waals surface area contributed by atoms with Crippen LogP contribution >= 0.6 is 0 Å². The van der Waals surface area contributed by atoms with Crippen molar-refractivity contribution in [1.29, 1.82) is 0 Å². The van der Waals surface area contributed by atoms with E-state index in [-0.39, 0.29) is 25.5 Å². The predicted octanol–water partition coefficient (Wildman–Crippen LogP) is 1.59. The molecule has 0 spiro atoms. The van der Waals surface area contributed by atoms with Gasteiger partial charge in [-0.3, -0.25) is 4.68 Å². The average Bonchev–Trinajstić information content (AvgIpc) is 3.27. The summed E-state index contributed by atoms with van der Waals surface area (Å²) in [5, 5.41) is 17.6. The van der Waals surface area contributed by atoms with Gasteiger partial charge in [0, 0.05) is 31.0 Å². The van der Waals surface area contributed by atoms with E-state index in [1.54, 1.807) is 24.4 Å². The molecule has 1 aromatic carbocycles. The molecule has 24 heavy (non-hydrogen) atoms. The largest absolute Gasteiger partial charge is 0.491 e. The van der Waals surface area contributed by atoms with Gasteiger partial charge in [-0.25, -0.2) is 0 Å². The molecule has 0 fully saturated rings. The molecule has 1 aliphatic rings. The number of nitrogens with one attached hydrogen (secondary N) is 1. The van der Waals surface area contributed by atoms with Crippen LogP contribution in [-0.2, 0) is 0 Å². The van der Waals surface area contributed by atoms with Crippen molar-refractivity contribution in [3.05, 3.63) is 36.7 Å². The number of aliphatic hydroxyl groups excluding tert-OH is 1. The first-order valence-electron chi connectivity index (χ1n) is 8.06. The zero-order valence-corrected chi connectivity index (χ0v) is 13.9. The van der Waals surface area contributed by atoms with E-state index in [0.717, 1.165) is 0 Å². The molecule has 1 aliphatic heterocycles. The van der Waals surface area contributed by atoms with Crippen molar-refractivity contribution in [3.63, 3.8) is 0 Å². The van der Waals surface area contributed by atoms with Crippen LogP contribution < -0.4 is 19.5 Å². The minimum absolute atomic E-state index is 0.171. The second-order valence-corrected chi connectivity index (χ2v) is 5.90. The lowest BCUT2D eigenvalue weighted by molar-refractivity contribution is 0.102. The maximum atomic E-state index is 10.1. The summed E-state index contributed by atoms with van der Waals surface area (Å²) in [6.07, 6.45) is 3.09. The van der Waals surface area contributed by atoms with Crippen molar-refractivity contribution in [2.24, 2.45) is 0 Å². The Morgan fingerprint density at radius 3 is 2.96 bits per heavy atom. The number of ether oxygens (including phenoxy) is 3. The second kappa shape index (κ2) is 7.55. The Labute approximate surface area is 141 Å². The van der Waals surface area contributed by atoms with Crippen molar-refractivity contribution >= 4 is 0 Å². The van der Waals surface area contributed by atoms with Crippen molar-refractivity contribution in [2.75, 3.05) is 19.9 Å². The Bertz CT molecular complexity index is 647. The van der Waals surface area contributed by atoms with Crippen LogP contribution in [0.15, 0.2) is 36.7 Å². The van der Waals surface area contributed by atoms with Crippen LogP contribution in [0.2, 0.25) is 0 Å². The van der Waals surface area contributed by atoms with E-state index in [1.165, 1.54) is 0 Å². The number of hydrogen-bond acceptors (Lipinski definition) is 6. The number of fused-ring (bicyclic) bond motifs is 1. The SMILES string of the molecule is CC(NCC(O)COc1ccc2c(c1)OCO2)C(C)n1cccn1. The summed E-state index contributed by atoms with van der Waals surface area (Å²) in [5.74, 6) is 2.03. The van der Waals surface area contributed by atoms with Crippen LogP contribution in [0.4, 0.5) is 0 Å². The summed E-state index contributed by atoms with van der Waals surface area (Å²) < 4.78 is 18.1. The third-order valence-electron chi connectivity index (χ3n) is 4.13. The number of aromatic nitrogens is 2. The zero-order valence-electron chi connectivity index (χ0n) is 13.9. The lowest BCUT2D eigenvalue weighted by atomic mass is 10.1. The number of aliphatic hydroxyl groups is 1. The average molecular weight is 333 g/mol. The molecule has 0 amide bonds. The fraction of sp³-hybridized carbons (Fsp3) is 0.471. The molecule has 0 saturated heterocycles. The summed E-state index contributed by atoms with van der Waals surface area (Å²) in [6, 6.07) is 7.64. The Hall–Kier alpha value is -2.25. The highest BCUT2D eigenvalue weighted by Crippen LogP contribution is 2.35. The van der Waals surface area contributed by atoms with Crippen LogP contribution in [0, 0.1) is 0 Å². The molecule has 7 heteroatoms. The van der Waals surface area contributed by atoms with Gasteiger partial charge >= 0.3 is 0 Å². The van der Waals surface area contributed by atoms with E-state index in [2.05, 4.69) is 24.3 Å². The molecule has 3 rings (SSSR count). The molecule has 0 aliphatic carbocycles. The standard InChI is InChI=1S/C17H23N3O4/c1-12(13(2)20-7-3-6-19-20)18-9-14(21)10-22-15-4-5-16-17(8-15)24-11-23-16/h3-8,12-14,18,21H,9-11H2,1-2H3. The van der Waals surface area contributed by atoms with Crippen molar-refractivity contribution in [1.82, 2.24) is 15.1 Å². The molecule has 1 aromatic heterocycles. The summed E-state index contributed by atoms with van der Waals surface area (Å²) in [7, 11) is 0. The fourth-order valence-corrected chi connectivity index (χ4v) is 2.46. The van der Waals surface area contributed by atoms with Gasteiger partial charge < -0.3 is 24.6 Å². The van der Waals surface area contributed by atoms with Gasteiger partial charge in [0.15, 0.2) is 11.5 Å². The minimum atomic E-state index is -0.609. The maximum Gasteiger partial charge on any atom is 0.231 e. The van der Waals surface area contributed by atoms with E-state index >= 15 is 0 Å². The van der Waals surface area contributed by atoms with Gasteiger partial charge in [-0.15, -0.1) is 0 Å². The van der Waals surface area contributed by atoms with Crippen LogP contribution in [0.1, 0.15) is 19.9 Å². The van der Waals surface area contributed by atoms with Crippen LogP contribution in [0.5, 0.6) is 17.2 Å². The Kier molecular flexibility index (Phi) is 5.22. The highest BCUT2D eigenvalue weighted by atomic mass is 16.7. The number of rotatable bonds is 8. The monoisotopic (exact) mass is 333 g/mol. The summed E-state index contributed by atoms with van der Waals surface area (Å²) in [5.41, 5.74) is 0. The van der Waals surface area contributed by atoms with E-state index in [4.69, 9.17) is 14.2 Å². The molecule has 2 N–H and O–H groups in total. The Morgan fingerprint density at radius 2 is 2.17 bits per heavy atom. The molecular formula is C17H23N3O4. The first-order valence-corrected chi connectivity index (χ1v) is 8.06. The molecular weight excluding hydrogens is 310 g/mol. The van der Waals surface area contributed by atoms with E-state index in [1.807, 2.05) is 16.9 Å². The third-order valence-corrected chi connectivity index (χ3v) is 4.13. The van der Waals surface area contributed by atoms with Gasteiger partial charge in [-0.1, -0.05) is 0 Å². The highest BCUT2D eigenvalue weighted by Gasteiger charge is 2.17.